The lowest BCUT2D eigenvalue weighted by Crippen LogP contribution is -2.56. The minimum absolute atomic E-state index is 0.122. The Morgan fingerprint density at radius 2 is 1.71 bits per heavy atom. The van der Waals surface area contributed by atoms with Crippen molar-refractivity contribution in [2.24, 2.45) is 0 Å². The molecule has 3 heterocycles. The number of rotatable bonds is 5. The smallest absolute Gasteiger partial charge is 0.410 e. The summed E-state index contributed by atoms with van der Waals surface area (Å²) >= 11 is 0. The van der Waals surface area contributed by atoms with Crippen LogP contribution >= 0.6 is 0 Å². The summed E-state index contributed by atoms with van der Waals surface area (Å²) in [6, 6.07) is 1.59. The van der Waals surface area contributed by atoms with Crippen molar-refractivity contribution in [3.8, 4) is 0 Å². The molecule has 4 rings (SSSR count). The Hall–Kier alpha value is -2.99. The van der Waals surface area contributed by atoms with Gasteiger partial charge in [-0.1, -0.05) is 0 Å². The van der Waals surface area contributed by atoms with Crippen LogP contribution in [-0.2, 0) is 14.3 Å². The van der Waals surface area contributed by atoms with Crippen LogP contribution in [0.2, 0.25) is 0 Å². The third kappa shape index (κ3) is 6.90. The first-order valence-electron chi connectivity index (χ1n) is 13.1. The van der Waals surface area contributed by atoms with E-state index in [1.165, 1.54) is 0 Å². The van der Waals surface area contributed by atoms with E-state index in [2.05, 4.69) is 15.5 Å². The average Bonchev–Trinajstić information content (AvgIpc) is 2.81. The number of ether oxygens (including phenoxy) is 1. The van der Waals surface area contributed by atoms with Crippen LogP contribution in [0.1, 0.15) is 46.5 Å². The van der Waals surface area contributed by atoms with Gasteiger partial charge in [-0.3, -0.25) is 19.8 Å². The molecule has 1 atom stereocenters. The van der Waals surface area contributed by atoms with E-state index in [4.69, 9.17) is 4.74 Å². The molecule has 1 unspecified atom stereocenters. The third-order valence-corrected chi connectivity index (χ3v) is 7.15. The number of imide groups is 1. The van der Waals surface area contributed by atoms with Crippen molar-refractivity contribution in [3.05, 3.63) is 23.8 Å². The van der Waals surface area contributed by atoms with Crippen molar-refractivity contribution in [1.29, 1.82) is 0 Å². The van der Waals surface area contributed by atoms with Crippen LogP contribution in [0.3, 0.4) is 0 Å². The number of anilines is 2. The van der Waals surface area contributed by atoms with Gasteiger partial charge in [-0.25, -0.2) is 13.6 Å². The van der Waals surface area contributed by atoms with E-state index in [9.17, 15) is 28.3 Å². The minimum Gasteiger partial charge on any atom is -0.444 e. The summed E-state index contributed by atoms with van der Waals surface area (Å²) in [4.78, 5) is 40.9. The summed E-state index contributed by atoms with van der Waals surface area (Å²) in [6.45, 7) is 8.48. The van der Waals surface area contributed by atoms with Gasteiger partial charge in [0.2, 0.25) is 11.8 Å². The predicted molar refractivity (Wildman–Crippen MR) is 137 cm³/mol. The number of benzene rings is 1. The Morgan fingerprint density at radius 3 is 2.26 bits per heavy atom. The number of carbonyl (C=O) groups is 3. The van der Waals surface area contributed by atoms with Crippen LogP contribution < -0.4 is 15.5 Å². The van der Waals surface area contributed by atoms with Gasteiger partial charge in [0.05, 0.1) is 5.60 Å². The molecule has 0 spiro atoms. The molecule has 38 heavy (non-hydrogen) atoms. The van der Waals surface area contributed by atoms with E-state index in [0.717, 1.165) is 12.1 Å². The molecule has 0 aromatic heterocycles. The molecule has 0 bridgehead atoms. The summed E-state index contributed by atoms with van der Waals surface area (Å²) in [5.41, 5.74) is -1.51. The first kappa shape index (κ1) is 28.0. The van der Waals surface area contributed by atoms with Gasteiger partial charge in [0.25, 0.3) is 0 Å². The van der Waals surface area contributed by atoms with E-state index in [1.54, 1.807) is 9.80 Å². The van der Waals surface area contributed by atoms with E-state index in [1.807, 2.05) is 20.8 Å². The molecular weight excluding hydrogens is 500 g/mol. The fourth-order valence-electron chi connectivity index (χ4n) is 5.12. The van der Waals surface area contributed by atoms with Gasteiger partial charge in [-0.15, -0.1) is 0 Å². The molecule has 10 nitrogen and oxygen atoms in total. The summed E-state index contributed by atoms with van der Waals surface area (Å²) in [7, 11) is 0. The highest BCUT2D eigenvalue weighted by Gasteiger charge is 2.37. The number of aliphatic hydroxyl groups is 1. The lowest BCUT2D eigenvalue weighted by molar-refractivity contribution is -0.133. The first-order chi connectivity index (χ1) is 17.8. The molecule has 3 saturated heterocycles. The summed E-state index contributed by atoms with van der Waals surface area (Å²) in [5.74, 6) is -2.35. The topological polar surface area (TPSA) is 114 Å². The lowest BCUT2D eigenvalue weighted by Gasteiger charge is -2.43. The molecule has 1 aromatic carbocycles. The zero-order valence-corrected chi connectivity index (χ0v) is 22.2. The number of hydrogen-bond donors (Lipinski definition) is 3. The fraction of sp³-hybridized carbons (Fsp3) is 0.654. The SMILES string of the molecule is CC(C)(C)OC(=O)N1CCC(O)(CN2CCN(c3c(F)cc(NC4CCC(=O)NC4=O)cc3F)CC2)CC1. The van der Waals surface area contributed by atoms with Gasteiger partial charge in [0, 0.05) is 57.9 Å². The monoisotopic (exact) mass is 537 g/mol. The molecule has 3 amide bonds. The van der Waals surface area contributed by atoms with Gasteiger partial charge in [0.15, 0.2) is 11.6 Å². The van der Waals surface area contributed by atoms with E-state index in [0.29, 0.717) is 58.7 Å². The molecule has 3 aliphatic heterocycles. The van der Waals surface area contributed by atoms with E-state index >= 15 is 0 Å². The number of nitrogens with zero attached hydrogens (tertiary/aromatic N) is 3. The molecule has 12 heteroatoms. The number of nitrogens with one attached hydrogen (secondary N) is 2. The van der Waals surface area contributed by atoms with Crippen molar-refractivity contribution in [2.75, 3.05) is 56.0 Å². The number of hydrogen-bond acceptors (Lipinski definition) is 8. The molecule has 210 valence electrons. The van der Waals surface area contributed by atoms with Crippen molar-refractivity contribution in [3.63, 3.8) is 0 Å². The van der Waals surface area contributed by atoms with Crippen molar-refractivity contribution >= 4 is 29.3 Å². The van der Waals surface area contributed by atoms with Crippen LogP contribution in [0, 0.1) is 11.6 Å². The minimum atomic E-state index is -0.944. The van der Waals surface area contributed by atoms with Crippen molar-refractivity contribution in [2.45, 2.75) is 63.7 Å². The molecule has 3 fully saturated rings. The summed E-state index contributed by atoms with van der Waals surface area (Å²) in [6.07, 6.45) is 0.890. The fourth-order valence-corrected chi connectivity index (χ4v) is 5.12. The maximum Gasteiger partial charge on any atom is 0.410 e. The number of halogens is 2. The highest BCUT2D eigenvalue weighted by molar-refractivity contribution is 6.01. The Bertz CT molecular complexity index is 1040. The van der Waals surface area contributed by atoms with Crippen molar-refractivity contribution < 1.29 is 33.0 Å². The Balaban J connectivity index is 1.28. The Labute approximate surface area is 221 Å². The average molecular weight is 538 g/mol. The quantitative estimate of drug-likeness (QED) is 0.490. The molecular formula is C26H37F2N5O5. The Morgan fingerprint density at radius 1 is 1.11 bits per heavy atom. The highest BCUT2D eigenvalue weighted by atomic mass is 19.1. The zero-order valence-electron chi connectivity index (χ0n) is 22.2. The summed E-state index contributed by atoms with van der Waals surface area (Å²) in [5, 5.41) is 16.1. The maximum atomic E-state index is 15.0. The number of piperidine rings is 2. The third-order valence-electron chi connectivity index (χ3n) is 7.15. The van der Waals surface area contributed by atoms with Crippen LogP contribution in [0.5, 0.6) is 0 Å². The largest absolute Gasteiger partial charge is 0.444 e. The number of piperazine rings is 1. The second-order valence-corrected chi connectivity index (χ2v) is 11.4. The van der Waals surface area contributed by atoms with Gasteiger partial charge in [-0.05, 0) is 52.2 Å². The first-order valence-corrected chi connectivity index (χ1v) is 13.1. The van der Waals surface area contributed by atoms with Crippen LogP contribution in [0.15, 0.2) is 12.1 Å². The van der Waals surface area contributed by atoms with E-state index < -0.39 is 34.8 Å². The van der Waals surface area contributed by atoms with Gasteiger partial charge >= 0.3 is 6.09 Å². The lowest BCUT2D eigenvalue weighted by atomic mass is 9.90. The molecule has 0 aliphatic carbocycles. The highest BCUT2D eigenvalue weighted by Crippen LogP contribution is 2.30. The predicted octanol–water partition coefficient (Wildman–Crippen LogP) is 2.07. The van der Waals surface area contributed by atoms with Crippen LogP contribution in [0.4, 0.5) is 25.0 Å². The number of amides is 3. The molecule has 1 aromatic rings. The summed E-state index contributed by atoms with van der Waals surface area (Å²) < 4.78 is 35.4. The maximum absolute atomic E-state index is 15.0. The van der Waals surface area contributed by atoms with Gasteiger partial charge in [-0.2, -0.15) is 0 Å². The number of likely N-dealkylation sites (tertiary alicyclic amines) is 1. The molecule has 3 N–H and O–H groups in total. The van der Waals surface area contributed by atoms with Crippen molar-refractivity contribution in [1.82, 2.24) is 15.1 Å². The second-order valence-electron chi connectivity index (χ2n) is 11.4. The standard InChI is InChI=1S/C26H37F2N5O5/c1-25(2,3)38-24(36)33-8-6-26(37,7-9-33)16-31-10-12-32(13-11-31)22-18(27)14-17(15-19(22)28)29-20-4-5-21(34)30-23(20)35/h14-15,20,29,37H,4-13,16H2,1-3H3,(H,30,34,35). The van der Waals surface area contributed by atoms with Crippen LogP contribution in [0.25, 0.3) is 0 Å². The molecule has 0 saturated carbocycles. The van der Waals surface area contributed by atoms with Gasteiger partial charge < -0.3 is 25.0 Å². The number of carbonyl (C=O) groups excluding carboxylic acids is 3. The zero-order chi connectivity index (χ0) is 27.7. The molecule has 3 aliphatic rings. The van der Waals surface area contributed by atoms with E-state index in [-0.39, 0.29) is 36.2 Å². The Kier molecular flexibility index (Phi) is 8.12. The van der Waals surface area contributed by atoms with Gasteiger partial charge in [0.1, 0.15) is 17.3 Å². The molecule has 0 radical (unpaired) electrons. The van der Waals surface area contributed by atoms with Crippen LogP contribution in [-0.4, -0.2) is 95.9 Å². The number of β-amino-alcohol motifs (C(OH)–C–C–N with tert-alkyl or cyclic N) is 1. The normalized spacial score (nSPS) is 22.7. The second kappa shape index (κ2) is 11.0.